The number of aromatic nitrogens is 1. The van der Waals surface area contributed by atoms with Gasteiger partial charge in [-0.3, -0.25) is 4.98 Å². The predicted octanol–water partition coefficient (Wildman–Crippen LogP) is 3.40. The van der Waals surface area contributed by atoms with Crippen LogP contribution in [0.25, 0.3) is 10.9 Å². The third-order valence-electron chi connectivity index (χ3n) is 2.55. The summed E-state index contributed by atoms with van der Waals surface area (Å²) >= 11 is 3.45. The molecule has 0 radical (unpaired) electrons. The molecule has 0 fully saturated rings. The molecular formula is C12H12BrNO. The summed E-state index contributed by atoms with van der Waals surface area (Å²) in [5.74, 6) is 0.297. The van der Waals surface area contributed by atoms with Crippen LogP contribution in [0.15, 0.2) is 24.4 Å². The van der Waals surface area contributed by atoms with Crippen LogP contribution < -0.4 is 0 Å². The average Bonchev–Trinajstić information content (AvgIpc) is 2.27. The fourth-order valence-electron chi connectivity index (χ4n) is 1.81. The first-order valence-corrected chi connectivity index (χ1v) is 6.04. The second-order valence-corrected chi connectivity index (χ2v) is 4.01. The Morgan fingerprint density at radius 2 is 2.20 bits per heavy atom. The van der Waals surface area contributed by atoms with E-state index in [1.807, 2.05) is 12.3 Å². The van der Waals surface area contributed by atoms with Crippen molar-refractivity contribution in [1.82, 2.24) is 4.98 Å². The Kier molecular flexibility index (Phi) is 2.91. The maximum absolute atomic E-state index is 9.47. The van der Waals surface area contributed by atoms with Gasteiger partial charge < -0.3 is 5.11 Å². The highest BCUT2D eigenvalue weighted by Crippen LogP contribution is 2.25. The standard InChI is InChI=1S/C12H12BrNO/c1-2-10-8(6-13)7-14-12-4-3-9(15)5-11(10)12/h3-5,7,15H,2,6H2,1H3. The van der Waals surface area contributed by atoms with Crippen molar-refractivity contribution in [2.24, 2.45) is 0 Å². The summed E-state index contributed by atoms with van der Waals surface area (Å²) in [6, 6.07) is 5.30. The van der Waals surface area contributed by atoms with Gasteiger partial charge in [0, 0.05) is 16.9 Å². The summed E-state index contributed by atoms with van der Waals surface area (Å²) in [6.07, 6.45) is 2.84. The number of rotatable bonds is 2. The van der Waals surface area contributed by atoms with E-state index >= 15 is 0 Å². The summed E-state index contributed by atoms with van der Waals surface area (Å²) < 4.78 is 0. The van der Waals surface area contributed by atoms with Gasteiger partial charge in [0.25, 0.3) is 0 Å². The summed E-state index contributed by atoms with van der Waals surface area (Å²) in [6.45, 7) is 2.12. The van der Waals surface area contributed by atoms with Gasteiger partial charge in [0.2, 0.25) is 0 Å². The van der Waals surface area contributed by atoms with Crippen molar-refractivity contribution in [3.63, 3.8) is 0 Å². The van der Waals surface area contributed by atoms with Gasteiger partial charge in [-0.25, -0.2) is 0 Å². The van der Waals surface area contributed by atoms with Crippen LogP contribution in [0.3, 0.4) is 0 Å². The van der Waals surface area contributed by atoms with Crippen LogP contribution in [0.1, 0.15) is 18.1 Å². The van der Waals surface area contributed by atoms with Gasteiger partial charge in [-0.1, -0.05) is 22.9 Å². The number of alkyl halides is 1. The molecule has 0 atom stereocenters. The van der Waals surface area contributed by atoms with Crippen LogP contribution in [0.2, 0.25) is 0 Å². The molecule has 15 heavy (non-hydrogen) atoms. The van der Waals surface area contributed by atoms with E-state index < -0.39 is 0 Å². The number of fused-ring (bicyclic) bond motifs is 1. The van der Waals surface area contributed by atoms with Crippen LogP contribution in [0.4, 0.5) is 0 Å². The second-order valence-electron chi connectivity index (χ2n) is 3.45. The smallest absolute Gasteiger partial charge is 0.116 e. The summed E-state index contributed by atoms with van der Waals surface area (Å²) in [5, 5.41) is 11.3. The van der Waals surface area contributed by atoms with Gasteiger partial charge in [0.15, 0.2) is 0 Å². The van der Waals surface area contributed by atoms with Crippen molar-refractivity contribution in [1.29, 1.82) is 0 Å². The van der Waals surface area contributed by atoms with Crippen LogP contribution >= 0.6 is 15.9 Å². The quantitative estimate of drug-likeness (QED) is 0.845. The Balaban J connectivity index is 2.79. The van der Waals surface area contributed by atoms with E-state index in [1.54, 1.807) is 12.1 Å². The lowest BCUT2D eigenvalue weighted by Gasteiger charge is -2.08. The number of hydrogen-bond acceptors (Lipinski definition) is 2. The number of nitrogens with zero attached hydrogens (tertiary/aromatic N) is 1. The zero-order valence-electron chi connectivity index (χ0n) is 8.50. The number of halogens is 1. The van der Waals surface area contributed by atoms with Crippen LogP contribution in [-0.4, -0.2) is 10.1 Å². The monoisotopic (exact) mass is 265 g/mol. The van der Waals surface area contributed by atoms with Crippen molar-refractivity contribution < 1.29 is 5.11 Å². The van der Waals surface area contributed by atoms with Gasteiger partial charge in [0.1, 0.15) is 5.75 Å². The number of hydrogen-bond donors (Lipinski definition) is 1. The fraction of sp³-hybridized carbons (Fsp3) is 0.250. The van der Waals surface area contributed by atoms with E-state index in [1.165, 1.54) is 11.1 Å². The molecule has 0 unspecified atom stereocenters. The zero-order valence-corrected chi connectivity index (χ0v) is 10.1. The first-order valence-electron chi connectivity index (χ1n) is 4.91. The largest absolute Gasteiger partial charge is 0.508 e. The number of pyridine rings is 1. The van der Waals surface area contributed by atoms with Crippen molar-refractivity contribution in [2.45, 2.75) is 18.7 Å². The van der Waals surface area contributed by atoms with Crippen LogP contribution in [0, 0.1) is 0 Å². The summed E-state index contributed by atoms with van der Waals surface area (Å²) in [4.78, 5) is 4.36. The Hall–Kier alpha value is -1.09. The number of phenols is 1. The van der Waals surface area contributed by atoms with Gasteiger partial charge in [-0.05, 0) is 35.7 Å². The number of aromatic hydroxyl groups is 1. The first-order chi connectivity index (χ1) is 7.26. The van der Waals surface area contributed by atoms with Crippen molar-refractivity contribution in [2.75, 3.05) is 0 Å². The maximum Gasteiger partial charge on any atom is 0.116 e. The molecular weight excluding hydrogens is 254 g/mol. The van der Waals surface area contributed by atoms with E-state index in [4.69, 9.17) is 0 Å². The Morgan fingerprint density at radius 3 is 2.87 bits per heavy atom. The lowest BCUT2D eigenvalue weighted by atomic mass is 10.0. The molecule has 2 nitrogen and oxygen atoms in total. The number of benzene rings is 1. The molecule has 0 amide bonds. The molecule has 0 saturated heterocycles. The normalized spacial score (nSPS) is 10.8. The molecule has 0 spiro atoms. The highest BCUT2D eigenvalue weighted by molar-refractivity contribution is 9.08. The molecule has 0 bridgehead atoms. The molecule has 1 N–H and O–H groups in total. The topological polar surface area (TPSA) is 33.1 Å². The lowest BCUT2D eigenvalue weighted by Crippen LogP contribution is -1.93. The van der Waals surface area contributed by atoms with Gasteiger partial charge in [-0.2, -0.15) is 0 Å². The minimum atomic E-state index is 0.297. The number of phenolic OH excluding ortho intramolecular Hbond substituents is 1. The van der Waals surface area contributed by atoms with Crippen molar-refractivity contribution in [3.05, 3.63) is 35.5 Å². The van der Waals surface area contributed by atoms with E-state index in [0.29, 0.717) is 5.75 Å². The molecule has 1 aromatic carbocycles. The SMILES string of the molecule is CCc1c(CBr)cnc2ccc(O)cc12. The third kappa shape index (κ3) is 1.84. The first kappa shape index (κ1) is 10.4. The minimum absolute atomic E-state index is 0.297. The highest BCUT2D eigenvalue weighted by atomic mass is 79.9. The second kappa shape index (κ2) is 4.19. The maximum atomic E-state index is 9.47. The number of aryl methyl sites for hydroxylation is 1. The zero-order chi connectivity index (χ0) is 10.8. The molecule has 0 saturated carbocycles. The van der Waals surface area contributed by atoms with Crippen molar-refractivity contribution in [3.8, 4) is 5.75 Å². The molecule has 0 aliphatic rings. The van der Waals surface area contributed by atoms with E-state index in [0.717, 1.165) is 22.7 Å². The lowest BCUT2D eigenvalue weighted by molar-refractivity contribution is 0.476. The van der Waals surface area contributed by atoms with E-state index in [-0.39, 0.29) is 0 Å². The molecule has 3 heteroatoms. The van der Waals surface area contributed by atoms with Gasteiger partial charge in [-0.15, -0.1) is 0 Å². The predicted molar refractivity (Wildman–Crippen MR) is 65.4 cm³/mol. The van der Waals surface area contributed by atoms with E-state index in [9.17, 15) is 5.11 Å². The van der Waals surface area contributed by atoms with Crippen LogP contribution in [-0.2, 0) is 11.8 Å². The average molecular weight is 266 g/mol. The molecule has 1 heterocycles. The minimum Gasteiger partial charge on any atom is -0.508 e. The fourth-order valence-corrected chi connectivity index (χ4v) is 2.29. The van der Waals surface area contributed by atoms with E-state index in [2.05, 4.69) is 27.8 Å². The Morgan fingerprint density at radius 1 is 1.40 bits per heavy atom. The van der Waals surface area contributed by atoms with Crippen molar-refractivity contribution >= 4 is 26.8 Å². The highest BCUT2D eigenvalue weighted by Gasteiger charge is 2.06. The molecule has 2 aromatic rings. The summed E-state index contributed by atoms with van der Waals surface area (Å²) in [5.41, 5.74) is 3.39. The molecule has 2 rings (SSSR count). The van der Waals surface area contributed by atoms with Gasteiger partial charge >= 0.3 is 0 Å². The van der Waals surface area contributed by atoms with Gasteiger partial charge in [0.05, 0.1) is 5.52 Å². The van der Waals surface area contributed by atoms with Crippen LogP contribution in [0.5, 0.6) is 5.75 Å². The molecule has 0 aliphatic heterocycles. The Labute approximate surface area is 97.1 Å². The summed E-state index contributed by atoms with van der Waals surface area (Å²) in [7, 11) is 0. The third-order valence-corrected chi connectivity index (χ3v) is 3.15. The Bertz CT molecular complexity index is 496. The molecule has 78 valence electrons. The molecule has 0 aliphatic carbocycles. The molecule has 1 aromatic heterocycles.